The summed E-state index contributed by atoms with van der Waals surface area (Å²) in [7, 11) is 2.07. The summed E-state index contributed by atoms with van der Waals surface area (Å²) in [5, 5.41) is 3.45. The molecule has 1 aliphatic heterocycles. The molecule has 4 rings (SSSR count). The van der Waals surface area contributed by atoms with E-state index in [0.717, 1.165) is 62.0 Å². The van der Waals surface area contributed by atoms with Crippen molar-refractivity contribution >= 4 is 11.6 Å². The molecule has 1 aliphatic rings. The summed E-state index contributed by atoms with van der Waals surface area (Å²) in [5.41, 5.74) is 2.28. The van der Waals surface area contributed by atoms with Gasteiger partial charge in [-0.2, -0.15) is 0 Å². The van der Waals surface area contributed by atoms with Gasteiger partial charge in [0.2, 0.25) is 0 Å². The minimum absolute atomic E-state index is 0.262. The fraction of sp³-hybridized carbons (Fsp3) is 0.348. The van der Waals surface area contributed by atoms with Crippen molar-refractivity contribution in [2.45, 2.75) is 25.4 Å². The molecule has 3 heterocycles. The number of anilines is 2. The van der Waals surface area contributed by atoms with E-state index in [-0.39, 0.29) is 6.10 Å². The van der Waals surface area contributed by atoms with Crippen LogP contribution in [-0.2, 0) is 11.2 Å². The molecule has 0 amide bonds. The summed E-state index contributed by atoms with van der Waals surface area (Å²) in [6.07, 6.45) is 7.10. The third-order valence-electron chi connectivity index (χ3n) is 5.16. The first-order chi connectivity index (χ1) is 14.3. The molecule has 3 aromatic rings. The zero-order valence-electron chi connectivity index (χ0n) is 16.8. The average molecular weight is 390 g/mol. The highest BCUT2D eigenvalue weighted by atomic mass is 16.5. The Morgan fingerprint density at radius 2 is 1.93 bits per heavy atom. The first-order valence-corrected chi connectivity index (χ1v) is 10.2. The van der Waals surface area contributed by atoms with Crippen LogP contribution in [0, 0.1) is 0 Å². The molecule has 1 fully saturated rings. The Kier molecular flexibility index (Phi) is 6.32. The predicted octanol–water partition coefficient (Wildman–Crippen LogP) is 3.81. The molecule has 0 radical (unpaired) electrons. The highest BCUT2D eigenvalue weighted by Crippen LogP contribution is 2.23. The van der Waals surface area contributed by atoms with Crippen molar-refractivity contribution in [2.75, 3.05) is 37.0 Å². The third kappa shape index (κ3) is 5.29. The van der Waals surface area contributed by atoms with Gasteiger partial charge in [0.15, 0.2) is 5.82 Å². The van der Waals surface area contributed by atoms with E-state index in [1.165, 1.54) is 5.56 Å². The first-order valence-electron chi connectivity index (χ1n) is 10.2. The van der Waals surface area contributed by atoms with Gasteiger partial charge in [-0.15, -0.1) is 0 Å². The lowest BCUT2D eigenvalue weighted by molar-refractivity contribution is 0.120. The number of hydrogen-bond acceptors (Lipinski definition) is 6. The molecule has 1 atom stereocenters. The summed E-state index contributed by atoms with van der Waals surface area (Å²) in [6, 6.07) is 16.2. The molecule has 150 valence electrons. The number of ether oxygens (including phenoxy) is 1. The maximum Gasteiger partial charge on any atom is 0.163 e. The first kappa shape index (κ1) is 19.3. The van der Waals surface area contributed by atoms with E-state index in [1.54, 1.807) is 0 Å². The van der Waals surface area contributed by atoms with E-state index < -0.39 is 0 Å². The van der Waals surface area contributed by atoms with E-state index in [2.05, 4.69) is 34.4 Å². The average Bonchev–Trinajstić information content (AvgIpc) is 3.31. The molecule has 0 bridgehead atoms. The van der Waals surface area contributed by atoms with Crippen LogP contribution in [0.15, 0.2) is 60.9 Å². The maximum atomic E-state index is 5.73. The standard InChI is InChI=1S/C23H27N5O/c1-28(14-11-18-9-12-24-13-10-18)22-16-21(25-17-20-8-5-15-29-20)26-23(27-22)19-6-3-2-4-7-19/h2-4,6-7,9-10,12-13,16,20H,5,8,11,14-15,17H2,1H3,(H,25,26,27). The molecular formula is C23H27N5O. The van der Waals surface area contributed by atoms with Crippen LogP contribution in [-0.4, -0.2) is 47.8 Å². The number of nitrogens with zero attached hydrogens (tertiary/aromatic N) is 4. The summed E-state index contributed by atoms with van der Waals surface area (Å²) >= 11 is 0. The van der Waals surface area contributed by atoms with Crippen molar-refractivity contribution in [1.29, 1.82) is 0 Å². The molecule has 0 aliphatic carbocycles. The van der Waals surface area contributed by atoms with Crippen molar-refractivity contribution in [3.63, 3.8) is 0 Å². The van der Waals surface area contributed by atoms with Gasteiger partial charge in [-0.25, -0.2) is 9.97 Å². The van der Waals surface area contributed by atoms with Crippen LogP contribution in [0.3, 0.4) is 0 Å². The summed E-state index contributed by atoms with van der Waals surface area (Å²) in [6.45, 7) is 2.49. The highest BCUT2D eigenvalue weighted by Gasteiger charge is 2.16. The Bertz CT molecular complexity index is 898. The van der Waals surface area contributed by atoms with E-state index in [9.17, 15) is 0 Å². The molecule has 29 heavy (non-hydrogen) atoms. The second-order valence-corrected chi connectivity index (χ2v) is 7.34. The largest absolute Gasteiger partial charge is 0.376 e. The van der Waals surface area contributed by atoms with Gasteiger partial charge in [-0.1, -0.05) is 30.3 Å². The molecule has 0 spiro atoms. The van der Waals surface area contributed by atoms with Gasteiger partial charge in [0, 0.05) is 50.8 Å². The van der Waals surface area contributed by atoms with Crippen LogP contribution in [0.1, 0.15) is 18.4 Å². The van der Waals surface area contributed by atoms with Crippen LogP contribution in [0.5, 0.6) is 0 Å². The molecule has 1 saturated heterocycles. The molecule has 2 aromatic heterocycles. The monoisotopic (exact) mass is 389 g/mol. The second kappa shape index (κ2) is 9.47. The number of hydrogen-bond donors (Lipinski definition) is 1. The van der Waals surface area contributed by atoms with E-state index in [1.807, 2.05) is 48.8 Å². The third-order valence-corrected chi connectivity index (χ3v) is 5.16. The van der Waals surface area contributed by atoms with Crippen molar-refractivity contribution in [3.05, 3.63) is 66.5 Å². The number of aromatic nitrogens is 3. The van der Waals surface area contributed by atoms with Gasteiger partial charge >= 0.3 is 0 Å². The molecular weight excluding hydrogens is 362 g/mol. The van der Waals surface area contributed by atoms with Gasteiger partial charge < -0.3 is 15.0 Å². The Hall–Kier alpha value is -2.99. The number of likely N-dealkylation sites (N-methyl/N-ethyl adjacent to an activating group) is 1. The van der Waals surface area contributed by atoms with Gasteiger partial charge in [0.05, 0.1) is 6.10 Å². The fourth-order valence-electron chi connectivity index (χ4n) is 3.42. The highest BCUT2D eigenvalue weighted by molar-refractivity contribution is 5.61. The lowest BCUT2D eigenvalue weighted by Gasteiger charge is -2.20. The molecule has 1 aromatic carbocycles. The van der Waals surface area contributed by atoms with Crippen LogP contribution in [0.2, 0.25) is 0 Å². The number of nitrogens with one attached hydrogen (secondary N) is 1. The number of pyridine rings is 1. The Balaban J connectivity index is 1.53. The van der Waals surface area contributed by atoms with Crippen LogP contribution < -0.4 is 10.2 Å². The van der Waals surface area contributed by atoms with Crippen molar-refractivity contribution in [1.82, 2.24) is 15.0 Å². The smallest absolute Gasteiger partial charge is 0.163 e. The zero-order chi connectivity index (χ0) is 19.9. The number of benzene rings is 1. The Labute approximate surface area is 172 Å². The quantitative estimate of drug-likeness (QED) is 0.632. The van der Waals surface area contributed by atoms with Crippen LogP contribution in [0.25, 0.3) is 11.4 Å². The summed E-state index contributed by atoms with van der Waals surface area (Å²) in [5.74, 6) is 2.47. The van der Waals surface area contributed by atoms with Gasteiger partial charge in [0.25, 0.3) is 0 Å². The lowest BCUT2D eigenvalue weighted by atomic mass is 10.2. The SMILES string of the molecule is CN(CCc1ccncc1)c1cc(NCC2CCCO2)nc(-c2ccccc2)n1. The zero-order valence-corrected chi connectivity index (χ0v) is 16.8. The number of rotatable bonds is 8. The topological polar surface area (TPSA) is 63.2 Å². The minimum Gasteiger partial charge on any atom is -0.376 e. The Morgan fingerprint density at radius 3 is 2.69 bits per heavy atom. The molecule has 6 heteroatoms. The molecule has 1 unspecified atom stereocenters. The van der Waals surface area contributed by atoms with E-state index in [4.69, 9.17) is 14.7 Å². The van der Waals surface area contributed by atoms with E-state index >= 15 is 0 Å². The van der Waals surface area contributed by atoms with E-state index in [0.29, 0.717) is 0 Å². The maximum absolute atomic E-state index is 5.73. The fourth-order valence-corrected chi connectivity index (χ4v) is 3.42. The van der Waals surface area contributed by atoms with Crippen LogP contribution >= 0.6 is 0 Å². The lowest BCUT2D eigenvalue weighted by Crippen LogP contribution is -2.23. The van der Waals surface area contributed by atoms with Gasteiger partial charge in [0.1, 0.15) is 11.6 Å². The minimum atomic E-state index is 0.262. The summed E-state index contributed by atoms with van der Waals surface area (Å²) < 4.78 is 5.73. The second-order valence-electron chi connectivity index (χ2n) is 7.34. The van der Waals surface area contributed by atoms with Gasteiger partial charge in [-0.3, -0.25) is 4.98 Å². The van der Waals surface area contributed by atoms with Crippen molar-refractivity contribution < 1.29 is 4.74 Å². The molecule has 6 nitrogen and oxygen atoms in total. The van der Waals surface area contributed by atoms with Crippen LogP contribution in [0.4, 0.5) is 11.6 Å². The van der Waals surface area contributed by atoms with Crippen molar-refractivity contribution in [2.24, 2.45) is 0 Å². The molecule has 0 saturated carbocycles. The summed E-state index contributed by atoms with van der Waals surface area (Å²) in [4.78, 5) is 15.8. The normalized spacial score (nSPS) is 16.0. The Morgan fingerprint density at radius 1 is 1.10 bits per heavy atom. The van der Waals surface area contributed by atoms with Crippen molar-refractivity contribution in [3.8, 4) is 11.4 Å². The van der Waals surface area contributed by atoms with Gasteiger partial charge in [-0.05, 0) is 37.0 Å². The predicted molar refractivity (Wildman–Crippen MR) is 116 cm³/mol. The molecule has 1 N–H and O–H groups in total.